The number of aliphatic hydroxyl groups excluding tert-OH is 1. The van der Waals surface area contributed by atoms with Crippen LogP contribution in [0, 0.1) is 0 Å². The second kappa shape index (κ2) is 5.02. The van der Waals surface area contributed by atoms with Crippen LogP contribution in [0.15, 0.2) is 18.3 Å². The number of hydrogen-bond acceptors (Lipinski definition) is 3. The van der Waals surface area contributed by atoms with Gasteiger partial charge < -0.3 is 10.0 Å². The predicted molar refractivity (Wildman–Crippen MR) is 54.1 cm³/mol. The average molecular weight is 216 g/mol. The molecule has 1 unspecified atom stereocenters. The molecule has 0 saturated heterocycles. The van der Waals surface area contributed by atoms with Crippen LogP contribution in [0.25, 0.3) is 0 Å². The average Bonchev–Trinajstić information content (AvgIpc) is 2.17. The molecule has 5 heteroatoms. The summed E-state index contributed by atoms with van der Waals surface area (Å²) in [6.45, 7) is 1.28. The number of halogens is 2. The first-order valence-corrected chi connectivity index (χ1v) is 4.64. The number of nitrogens with zero attached hydrogens (tertiary/aromatic N) is 2. The van der Waals surface area contributed by atoms with Gasteiger partial charge in [0, 0.05) is 13.2 Å². The van der Waals surface area contributed by atoms with Crippen molar-refractivity contribution in [2.24, 2.45) is 0 Å². The lowest BCUT2D eigenvalue weighted by Crippen LogP contribution is -2.24. The van der Waals surface area contributed by atoms with Gasteiger partial charge >= 0.3 is 0 Å². The van der Waals surface area contributed by atoms with Crippen LogP contribution in [-0.4, -0.2) is 30.1 Å². The predicted octanol–water partition coefficient (Wildman–Crippen LogP) is 1.84. The summed E-state index contributed by atoms with van der Waals surface area (Å²) in [6.07, 6.45) is -1.48. The van der Waals surface area contributed by atoms with E-state index in [1.165, 1.54) is 11.1 Å². The fourth-order valence-corrected chi connectivity index (χ4v) is 1.17. The van der Waals surface area contributed by atoms with E-state index in [1.807, 2.05) is 0 Å². The van der Waals surface area contributed by atoms with Crippen molar-refractivity contribution in [3.8, 4) is 0 Å². The van der Waals surface area contributed by atoms with E-state index in [1.54, 1.807) is 26.1 Å². The molecule has 1 aromatic heterocycles. The molecule has 1 N–H and O–H groups in total. The molecule has 0 aromatic carbocycles. The minimum atomic E-state index is -2.38. The van der Waals surface area contributed by atoms with Gasteiger partial charge in [0.1, 0.15) is 5.82 Å². The van der Waals surface area contributed by atoms with Gasteiger partial charge in [0.15, 0.2) is 0 Å². The van der Waals surface area contributed by atoms with Crippen LogP contribution < -0.4 is 4.90 Å². The molecule has 0 spiro atoms. The van der Waals surface area contributed by atoms with Crippen molar-refractivity contribution in [3.63, 3.8) is 0 Å². The number of aliphatic hydroxyl groups is 1. The van der Waals surface area contributed by atoms with Crippen LogP contribution in [0.2, 0.25) is 0 Å². The lowest BCUT2D eigenvalue weighted by atomic mass is 10.2. The molecule has 1 rings (SSSR count). The van der Waals surface area contributed by atoms with E-state index in [0.29, 0.717) is 11.4 Å². The first-order valence-electron chi connectivity index (χ1n) is 4.64. The third-order valence-corrected chi connectivity index (χ3v) is 2.06. The van der Waals surface area contributed by atoms with E-state index in [-0.39, 0.29) is 6.54 Å². The molecule has 0 fully saturated rings. The molecular weight excluding hydrogens is 202 g/mol. The van der Waals surface area contributed by atoms with Crippen LogP contribution in [0.4, 0.5) is 14.6 Å². The van der Waals surface area contributed by atoms with E-state index >= 15 is 0 Å². The summed E-state index contributed by atoms with van der Waals surface area (Å²) in [7, 11) is 1.55. The highest BCUT2D eigenvalue weighted by Crippen LogP contribution is 2.15. The molecule has 1 aromatic rings. The summed E-state index contributed by atoms with van der Waals surface area (Å²) in [5.41, 5.74) is 0.671. The highest BCUT2D eigenvalue weighted by atomic mass is 19.3. The molecule has 0 bridgehead atoms. The van der Waals surface area contributed by atoms with Gasteiger partial charge in [-0.25, -0.2) is 13.8 Å². The zero-order valence-corrected chi connectivity index (χ0v) is 8.69. The summed E-state index contributed by atoms with van der Waals surface area (Å²) in [4.78, 5) is 5.36. The number of aromatic nitrogens is 1. The number of anilines is 1. The molecule has 84 valence electrons. The molecule has 1 atom stereocenters. The monoisotopic (exact) mass is 216 g/mol. The van der Waals surface area contributed by atoms with Gasteiger partial charge in [-0.15, -0.1) is 0 Å². The summed E-state index contributed by atoms with van der Waals surface area (Å²) >= 11 is 0. The molecule has 0 aliphatic heterocycles. The summed E-state index contributed by atoms with van der Waals surface area (Å²) < 4.78 is 24.1. The number of hydrogen-bond donors (Lipinski definition) is 1. The van der Waals surface area contributed by atoms with Gasteiger partial charge in [-0.2, -0.15) is 0 Å². The van der Waals surface area contributed by atoms with Crippen LogP contribution >= 0.6 is 0 Å². The molecule has 15 heavy (non-hydrogen) atoms. The normalized spacial score (nSPS) is 12.9. The molecular formula is C10H14F2N2O. The van der Waals surface area contributed by atoms with E-state index in [0.717, 1.165) is 0 Å². The lowest BCUT2D eigenvalue weighted by Gasteiger charge is -2.17. The minimum absolute atomic E-state index is 0.346. The highest BCUT2D eigenvalue weighted by molar-refractivity contribution is 5.38. The Balaban J connectivity index is 2.71. The molecule has 3 nitrogen and oxygen atoms in total. The maximum Gasteiger partial charge on any atom is 0.255 e. The van der Waals surface area contributed by atoms with E-state index < -0.39 is 12.5 Å². The van der Waals surface area contributed by atoms with Crippen LogP contribution in [0.5, 0.6) is 0 Å². The van der Waals surface area contributed by atoms with Crippen molar-refractivity contribution >= 4 is 5.82 Å². The number of rotatable bonds is 4. The Bertz CT molecular complexity index is 301. The van der Waals surface area contributed by atoms with Crippen molar-refractivity contribution in [2.75, 3.05) is 18.5 Å². The van der Waals surface area contributed by atoms with Crippen molar-refractivity contribution in [3.05, 3.63) is 23.9 Å². The summed E-state index contributed by atoms with van der Waals surface area (Å²) in [5, 5.41) is 9.23. The Labute approximate surface area is 87.4 Å². The highest BCUT2D eigenvalue weighted by Gasteiger charge is 2.09. The quantitative estimate of drug-likeness (QED) is 0.834. The molecule has 0 aliphatic rings. The fraction of sp³-hybridized carbons (Fsp3) is 0.500. The standard InChI is InChI=1S/C10H14F2N2O/c1-7(15)8-3-4-10(13-5-8)14(2)6-9(11)12/h3-5,7,9,15H,6H2,1-2H3. The first kappa shape index (κ1) is 11.8. The maximum absolute atomic E-state index is 12.1. The van der Waals surface area contributed by atoms with E-state index in [9.17, 15) is 13.9 Å². The zero-order valence-electron chi connectivity index (χ0n) is 8.69. The Morgan fingerprint density at radius 3 is 2.53 bits per heavy atom. The number of alkyl halides is 2. The van der Waals surface area contributed by atoms with E-state index in [2.05, 4.69) is 4.98 Å². The van der Waals surface area contributed by atoms with Crippen molar-refractivity contribution in [1.82, 2.24) is 4.98 Å². The maximum atomic E-state index is 12.1. The fourth-order valence-electron chi connectivity index (χ4n) is 1.17. The number of pyridine rings is 1. The molecule has 1 heterocycles. The SMILES string of the molecule is CC(O)c1ccc(N(C)CC(F)F)nc1. The van der Waals surface area contributed by atoms with Gasteiger partial charge in [-0.05, 0) is 18.6 Å². The largest absolute Gasteiger partial charge is 0.389 e. The van der Waals surface area contributed by atoms with Gasteiger partial charge in [0.2, 0.25) is 0 Å². The summed E-state index contributed by atoms with van der Waals surface area (Å²) in [5.74, 6) is 0.472. The van der Waals surface area contributed by atoms with Gasteiger partial charge in [-0.3, -0.25) is 0 Å². The smallest absolute Gasteiger partial charge is 0.255 e. The second-order valence-electron chi connectivity index (χ2n) is 3.40. The van der Waals surface area contributed by atoms with Crippen LogP contribution in [-0.2, 0) is 0 Å². The van der Waals surface area contributed by atoms with Crippen molar-refractivity contribution < 1.29 is 13.9 Å². The van der Waals surface area contributed by atoms with Crippen LogP contribution in [0.3, 0.4) is 0 Å². The summed E-state index contributed by atoms with van der Waals surface area (Å²) in [6, 6.07) is 3.29. The van der Waals surface area contributed by atoms with Crippen molar-refractivity contribution in [1.29, 1.82) is 0 Å². The topological polar surface area (TPSA) is 36.4 Å². The second-order valence-corrected chi connectivity index (χ2v) is 3.40. The zero-order chi connectivity index (χ0) is 11.4. The van der Waals surface area contributed by atoms with Gasteiger partial charge in [0.25, 0.3) is 6.43 Å². The Morgan fingerprint density at radius 1 is 1.47 bits per heavy atom. The molecule has 0 amide bonds. The first-order chi connectivity index (χ1) is 7.00. The molecule has 0 saturated carbocycles. The molecule has 0 aliphatic carbocycles. The third-order valence-electron chi connectivity index (χ3n) is 2.06. The lowest BCUT2D eigenvalue weighted by molar-refractivity contribution is 0.156. The third kappa shape index (κ3) is 3.43. The van der Waals surface area contributed by atoms with E-state index in [4.69, 9.17) is 0 Å². The minimum Gasteiger partial charge on any atom is -0.389 e. The Morgan fingerprint density at radius 2 is 2.13 bits per heavy atom. The Kier molecular flexibility index (Phi) is 3.96. The molecule has 0 radical (unpaired) electrons. The Hall–Kier alpha value is -1.23. The van der Waals surface area contributed by atoms with Crippen LogP contribution in [0.1, 0.15) is 18.6 Å². The van der Waals surface area contributed by atoms with Gasteiger partial charge in [-0.1, -0.05) is 6.07 Å². The van der Waals surface area contributed by atoms with Crippen molar-refractivity contribution in [2.45, 2.75) is 19.5 Å². The van der Waals surface area contributed by atoms with Gasteiger partial charge in [0.05, 0.1) is 12.6 Å².